The number of carbonyl (C=O) groups is 2. The number of piperazine rings is 1. The summed E-state index contributed by atoms with van der Waals surface area (Å²) in [5, 5.41) is 5.67. The zero-order chi connectivity index (χ0) is 19.5. The van der Waals surface area contributed by atoms with E-state index in [2.05, 4.69) is 27.7 Å². The maximum Gasteiger partial charge on any atom is 0.317 e. The first-order valence-corrected chi connectivity index (χ1v) is 10.1. The van der Waals surface area contributed by atoms with Crippen LogP contribution in [-0.2, 0) is 4.79 Å². The highest BCUT2D eigenvalue weighted by Gasteiger charge is 2.35. The number of anilines is 1. The number of hydrogen-bond donors (Lipinski definition) is 2. The minimum atomic E-state index is -0.253. The Morgan fingerprint density at radius 2 is 1.75 bits per heavy atom. The Hall–Kier alpha value is -2.57. The lowest BCUT2D eigenvalue weighted by Gasteiger charge is -2.36. The molecule has 1 saturated heterocycles. The molecule has 2 bridgehead atoms. The van der Waals surface area contributed by atoms with Gasteiger partial charge in [-0.05, 0) is 54.9 Å². The second-order valence-corrected chi connectivity index (χ2v) is 7.95. The summed E-state index contributed by atoms with van der Waals surface area (Å²) in [4.78, 5) is 28.2. The van der Waals surface area contributed by atoms with E-state index in [0.717, 1.165) is 12.1 Å². The van der Waals surface area contributed by atoms with Crippen LogP contribution < -0.4 is 15.5 Å². The molecule has 1 aromatic carbocycles. The molecule has 3 amide bonds. The van der Waals surface area contributed by atoms with Gasteiger partial charge in [0.05, 0.1) is 6.54 Å². The molecule has 150 valence electrons. The SMILES string of the molecule is O=C(CNC(=O)N1CCN(c2ccc(F)cc2)CC1)NC[C@@H]1C[C@@H]2C=C[C@H]1C2. The molecule has 0 radical (unpaired) electrons. The second kappa shape index (κ2) is 8.20. The van der Waals surface area contributed by atoms with Gasteiger partial charge in [-0.1, -0.05) is 12.2 Å². The summed E-state index contributed by atoms with van der Waals surface area (Å²) in [5.41, 5.74) is 0.955. The van der Waals surface area contributed by atoms with Crippen LogP contribution in [0.2, 0.25) is 0 Å². The van der Waals surface area contributed by atoms with Crippen molar-refractivity contribution < 1.29 is 14.0 Å². The van der Waals surface area contributed by atoms with Crippen LogP contribution in [0, 0.1) is 23.6 Å². The van der Waals surface area contributed by atoms with Crippen LogP contribution in [0.25, 0.3) is 0 Å². The summed E-state index contributed by atoms with van der Waals surface area (Å²) in [6.07, 6.45) is 6.95. The molecule has 0 unspecified atom stereocenters. The highest BCUT2D eigenvalue weighted by molar-refractivity contribution is 5.84. The number of rotatable bonds is 5. The molecule has 1 aliphatic heterocycles. The normalized spacial score (nSPS) is 25.8. The van der Waals surface area contributed by atoms with Gasteiger partial charge in [0.25, 0.3) is 0 Å². The molecule has 2 fully saturated rings. The monoisotopic (exact) mass is 386 g/mol. The molecule has 28 heavy (non-hydrogen) atoms. The zero-order valence-electron chi connectivity index (χ0n) is 15.9. The van der Waals surface area contributed by atoms with Crippen molar-refractivity contribution in [3.8, 4) is 0 Å². The molecule has 1 heterocycles. The summed E-state index contributed by atoms with van der Waals surface area (Å²) in [6, 6.07) is 6.18. The molecular weight excluding hydrogens is 359 g/mol. The van der Waals surface area contributed by atoms with Crippen molar-refractivity contribution in [2.24, 2.45) is 17.8 Å². The molecule has 6 nitrogen and oxygen atoms in total. The quantitative estimate of drug-likeness (QED) is 0.761. The molecule has 2 aliphatic carbocycles. The minimum absolute atomic E-state index is 0.00760. The Balaban J connectivity index is 1.15. The van der Waals surface area contributed by atoms with Crippen LogP contribution >= 0.6 is 0 Å². The van der Waals surface area contributed by atoms with Gasteiger partial charge in [0, 0.05) is 38.4 Å². The number of urea groups is 1. The Labute approximate surface area is 164 Å². The predicted molar refractivity (Wildman–Crippen MR) is 105 cm³/mol. The summed E-state index contributed by atoms with van der Waals surface area (Å²) < 4.78 is 13.0. The predicted octanol–water partition coefficient (Wildman–Crippen LogP) is 1.99. The largest absolute Gasteiger partial charge is 0.368 e. The summed E-state index contributed by atoms with van der Waals surface area (Å²) in [7, 11) is 0. The van der Waals surface area contributed by atoms with Crippen molar-refractivity contribution in [3.05, 3.63) is 42.2 Å². The fourth-order valence-corrected chi connectivity index (χ4v) is 4.52. The Kier molecular flexibility index (Phi) is 5.50. The van der Waals surface area contributed by atoms with Gasteiger partial charge in [-0.15, -0.1) is 0 Å². The summed E-state index contributed by atoms with van der Waals surface area (Å²) >= 11 is 0. The lowest BCUT2D eigenvalue weighted by Crippen LogP contribution is -2.53. The van der Waals surface area contributed by atoms with E-state index in [9.17, 15) is 14.0 Å². The van der Waals surface area contributed by atoms with Crippen molar-refractivity contribution in [1.29, 1.82) is 0 Å². The van der Waals surface area contributed by atoms with E-state index in [0.29, 0.717) is 50.5 Å². The fourth-order valence-electron chi connectivity index (χ4n) is 4.52. The van der Waals surface area contributed by atoms with Gasteiger partial charge in [0.15, 0.2) is 0 Å². The number of benzene rings is 1. The second-order valence-electron chi connectivity index (χ2n) is 7.95. The number of hydrogen-bond acceptors (Lipinski definition) is 3. The smallest absolute Gasteiger partial charge is 0.317 e. The molecule has 4 rings (SSSR count). The number of carbonyl (C=O) groups excluding carboxylic acids is 2. The Morgan fingerprint density at radius 3 is 2.39 bits per heavy atom. The van der Waals surface area contributed by atoms with E-state index >= 15 is 0 Å². The summed E-state index contributed by atoms with van der Waals surface area (Å²) in [5.74, 6) is 1.45. The molecule has 0 spiro atoms. The van der Waals surface area contributed by atoms with Gasteiger partial charge >= 0.3 is 6.03 Å². The average Bonchev–Trinajstić information content (AvgIpc) is 3.34. The van der Waals surface area contributed by atoms with E-state index in [1.54, 1.807) is 17.0 Å². The first-order chi connectivity index (χ1) is 13.6. The van der Waals surface area contributed by atoms with Gasteiger partial charge in [-0.25, -0.2) is 9.18 Å². The highest BCUT2D eigenvalue weighted by Crippen LogP contribution is 2.42. The zero-order valence-corrected chi connectivity index (χ0v) is 15.9. The molecule has 1 saturated carbocycles. The topological polar surface area (TPSA) is 64.7 Å². The molecule has 1 aromatic rings. The molecular formula is C21H27FN4O2. The van der Waals surface area contributed by atoms with Crippen LogP contribution in [0.3, 0.4) is 0 Å². The minimum Gasteiger partial charge on any atom is -0.368 e. The number of nitrogens with one attached hydrogen (secondary N) is 2. The summed E-state index contributed by atoms with van der Waals surface area (Å²) in [6.45, 7) is 3.21. The number of amides is 3. The highest BCUT2D eigenvalue weighted by atomic mass is 19.1. The maximum absolute atomic E-state index is 13.0. The van der Waals surface area contributed by atoms with E-state index in [1.165, 1.54) is 18.6 Å². The molecule has 3 aliphatic rings. The number of fused-ring (bicyclic) bond motifs is 2. The lowest BCUT2D eigenvalue weighted by molar-refractivity contribution is -0.120. The van der Waals surface area contributed by atoms with Crippen molar-refractivity contribution >= 4 is 17.6 Å². The van der Waals surface area contributed by atoms with Crippen LogP contribution in [-0.4, -0.2) is 56.1 Å². The maximum atomic E-state index is 13.0. The molecule has 7 heteroatoms. The first kappa shape index (κ1) is 18.8. The third-order valence-corrected chi connectivity index (χ3v) is 6.14. The average molecular weight is 386 g/mol. The van der Waals surface area contributed by atoms with Crippen LogP contribution in [0.5, 0.6) is 0 Å². The first-order valence-electron chi connectivity index (χ1n) is 10.1. The van der Waals surface area contributed by atoms with Gasteiger partial charge < -0.3 is 20.4 Å². The Morgan fingerprint density at radius 1 is 1.00 bits per heavy atom. The van der Waals surface area contributed by atoms with Gasteiger partial charge in [0.1, 0.15) is 5.82 Å². The van der Waals surface area contributed by atoms with Crippen molar-refractivity contribution in [2.75, 3.05) is 44.2 Å². The van der Waals surface area contributed by atoms with Gasteiger partial charge in [-0.3, -0.25) is 4.79 Å². The van der Waals surface area contributed by atoms with Crippen molar-refractivity contribution in [1.82, 2.24) is 15.5 Å². The third kappa shape index (κ3) is 4.29. The standard InChI is InChI=1S/C21H27FN4O2/c22-18-3-5-19(6-4-18)25-7-9-26(10-8-25)21(28)24-14-20(27)23-13-17-12-15-1-2-16(17)11-15/h1-6,15-17H,7-14H2,(H,23,27)(H,24,28)/t15-,16+,17+/m1/s1. The number of nitrogens with zero attached hydrogens (tertiary/aromatic N) is 2. The van der Waals surface area contributed by atoms with Crippen LogP contribution in [0.15, 0.2) is 36.4 Å². The van der Waals surface area contributed by atoms with E-state index in [-0.39, 0.29) is 24.3 Å². The third-order valence-electron chi connectivity index (χ3n) is 6.14. The Bertz CT molecular complexity index is 743. The fraction of sp³-hybridized carbons (Fsp3) is 0.524. The van der Waals surface area contributed by atoms with E-state index in [1.807, 2.05) is 0 Å². The van der Waals surface area contributed by atoms with E-state index < -0.39 is 0 Å². The van der Waals surface area contributed by atoms with Crippen LogP contribution in [0.1, 0.15) is 12.8 Å². The van der Waals surface area contributed by atoms with Crippen molar-refractivity contribution in [2.45, 2.75) is 12.8 Å². The lowest BCUT2D eigenvalue weighted by atomic mass is 9.94. The molecule has 0 aromatic heterocycles. The number of halogens is 1. The van der Waals surface area contributed by atoms with E-state index in [4.69, 9.17) is 0 Å². The van der Waals surface area contributed by atoms with Crippen molar-refractivity contribution in [3.63, 3.8) is 0 Å². The number of allylic oxidation sites excluding steroid dienone is 2. The van der Waals surface area contributed by atoms with Crippen LogP contribution in [0.4, 0.5) is 14.9 Å². The molecule has 2 N–H and O–H groups in total. The van der Waals surface area contributed by atoms with Gasteiger partial charge in [0.2, 0.25) is 5.91 Å². The van der Waals surface area contributed by atoms with Gasteiger partial charge in [-0.2, -0.15) is 0 Å². The molecule has 3 atom stereocenters.